The number of carbonyl (C=O) groups excluding carboxylic acids is 1. The standard InChI is InChI=1S/C24H20N2O5/c27-23(28)20(13-16-7-3-1-4-8-16)26-24(29)30-15-22-25-19-14-18(11-12-21(19)31-22)17-9-5-2-6-10-17/h1-12,14,20H,13,15H2,(H,26,29)(H,27,28)/t20-/m1/s1. The van der Waals surface area contributed by atoms with Gasteiger partial charge in [-0.25, -0.2) is 14.6 Å². The molecule has 0 radical (unpaired) electrons. The largest absolute Gasteiger partial charge is 0.480 e. The van der Waals surface area contributed by atoms with E-state index in [4.69, 9.17) is 9.15 Å². The van der Waals surface area contributed by atoms with Crippen LogP contribution in [0.5, 0.6) is 0 Å². The van der Waals surface area contributed by atoms with Crippen molar-refractivity contribution in [2.24, 2.45) is 0 Å². The summed E-state index contributed by atoms with van der Waals surface area (Å²) in [4.78, 5) is 28.0. The first-order chi connectivity index (χ1) is 15.1. The van der Waals surface area contributed by atoms with E-state index < -0.39 is 18.1 Å². The fourth-order valence-corrected chi connectivity index (χ4v) is 3.21. The second-order valence-electron chi connectivity index (χ2n) is 6.96. The van der Waals surface area contributed by atoms with Crippen molar-refractivity contribution in [2.75, 3.05) is 0 Å². The molecule has 7 heteroatoms. The highest BCUT2D eigenvalue weighted by molar-refractivity contribution is 5.81. The molecule has 0 spiro atoms. The minimum Gasteiger partial charge on any atom is -0.480 e. The molecule has 4 aromatic rings. The zero-order valence-electron chi connectivity index (χ0n) is 16.5. The molecule has 156 valence electrons. The summed E-state index contributed by atoms with van der Waals surface area (Å²) >= 11 is 0. The van der Waals surface area contributed by atoms with Gasteiger partial charge in [0.25, 0.3) is 0 Å². The van der Waals surface area contributed by atoms with Gasteiger partial charge in [0.05, 0.1) is 0 Å². The van der Waals surface area contributed by atoms with Gasteiger partial charge in [-0.1, -0.05) is 66.7 Å². The Balaban J connectivity index is 1.38. The monoisotopic (exact) mass is 416 g/mol. The molecule has 1 aromatic heterocycles. The predicted molar refractivity (Wildman–Crippen MR) is 114 cm³/mol. The molecule has 0 unspecified atom stereocenters. The van der Waals surface area contributed by atoms with Gasteiger partial charge >= 0.3 is 12.1 Å². The molecule has 0 fully saturated rings. The van der Waals surface area contributed by atoms with Crippen LogP contribution in [0.25, 0.3) is 22.2 Å². The normalized spacial score (nSPS) is 11.7. The second-order valence-corrected chi connectivity index (χ2v) is 6.96. The third-order valence-electron chi connectivity index (χ3n) is 4.74. The first-order valence-corrected chi connectivity index (χ1v) is 9.73. The number of aliphatic carboxylic acids is 1. The Hall–Kier alpha value is -4.13. The summed E-state index contributed by atoms with van der Waals surface area (Å²) in [6.45, 7) is -0.209. The van der Waals surface area contributed by atoms with Crippen molar-refractivity contribution < 1.29 is 23.8 Å². The molecule has 0 aliphatic rings. The van der Waals surface area contributed by atoms with E-state index in [1.165, 1.54) is 0 Å². The van der Waals surface area contributed by atoms with Crippen LogP contribution in [0.2, 0.25) is 0 Å². The Morgan fingerprint density at radius 2 is 1.68 bits per heavy atom. The van der Waals surface area contributed by atoms with E-state index in [2.05, 4.69) is 10.3 Å². The van der Waals surface area contributed by atoms with Crippen molar-refractivity contribution in [3.63, 3.8) is 0 Å². The van der Waals surface area contributed by atoms with Gasteiger partial charge in [0, 0.05) is 6.42 Å². The van der Waals surface area contributed by atoms with Crippen molar-refractivity contribution in [2.45, 2.75) is 19.1 Å². The fourth-order valence-electron chi connectivity index (χ4n) is 3.21. The number of carboxylic acid groups (broad SMARTS) is 1. The van der Waals surface area contributed by atoms with Crippen molar-refractivity contribution in [3.05, 3.63) is 90.3 Å². The first kappa shape index (κ1) is 20.2. The summed E-state index contributed by atoms with van der Waals surface area (Å²) in [5.74, 6) is -0.915. The van der Waals surface area contributed by atoms with Crippen LogP contribution in [0.3, 0.4) is 0 Å². The van der Waals surface area contributed by atoms with E-state index in [-0.39, 0.29) is 18.9 Å². The topological polar surface area (TPSA) is 102 Å². The summed E-state index contributed by atoms with van der Waals surface area (Å²) in [6, 6.07) is 23.5. The van der Waals surface area contributed by atoms with Crippen LogP contribution >= 0.6 is 0 Å². The smallest absolute Gasteiger partial charge is 0.408 e. The molecule has 3 aromatic carbocycles. The lowest BCUT2D eigenvalue weighted by Gasteiger charge is -2.14. The molecular weight excluding hydrogens is 396 g/mol. The van der Waals surface area contributed by atoms with E-state index in [0.29, 0.717) is 11.1 Å². The first-order valence-electron chi connectivity index (χ1n) is 9.73. The quantitative estimate of drug-likeness (QED) is 0.463. The molecule has 31 heavy (non-hydrogen) atoms. The van der Waals surface area contributed by atoms with Crippen LogP contribution in [0, 0.1) is 0 Å². The molecule has 0 saturated carbocycles. The zero-order valence-corrected chi connectivity index (χ0v) is 16.5. The molecule has 0 bridgehead atoms. The number of ether oxygens (including phenoxy) is 1. The highest BCUT2D eigenvalue weighted by Gasteiger charge is 2.21. The lowest BCUT2D eigenvalue weighted by molar-refractivity contribution is -0.139. The van der Waals surface area contributed by atoms with Gasteiger partial charge in [-0.3, -0.25) is 0 Å². The maximum absolute atomic E-state index is 12.1. The Bertz CT molecular complexity index is 1190. The fraction of sp³-hybridized carbons (Fsp3) is 0.125. The molecular formula is C24H20N2O5. The van der Waals surface area contributed by atoms with Crippen LogP contribution in [0.1, 0.15) is 11.5 Å². The summed E-state index contributed by atoms with van der Waals surface area (Å²) in [7, 11) is 0. The van der Waals surface area contributed by atoms with E-state index in [1.807, 2.05) is 66.7 Å². The predicted octanol–water partition coefficient (Wildman–Crippen LogP) is 4.42. The number of hydrogen-bond donors (Lipinski definition) is 2. The second kappa shape index (κ2) is 9.13. The van der Waals surface area contributed by atoms with Crippen LogP contribution in [0.4, 0.5) is 4.79 Å². The minimum atomic E-state index is -1.14. The number of amides is 1. The maximum Gasteiger partial charge on any atom is 0.408 e. The summed E-state index contributed by atoms with van der Waals surface area (Å²) < 4.78 is 10.7. The van der Waals surface area contributed by atoms with E-state index >= 15 is 0 Å². The SMILES string of the molecule is O=C(N[C@H](Cc1ccccc1)C(=O)O)OCc1nc2cc(-c3ccccc3)ccc2o1. The molecule has 1 atom stereocenters. The number of oxazole rings is 1. The number of fused-ring (bicyclic) bond motifs is 1. The number of carbonyl (C=O) groups is 2. The number of alkyl carbamates (subject to hydrolysis) is 1. The molecule has 0 aliphatic carbocycles. The van der Waals surface area contributed by atoms with E-state index in [1.54, 1.807) is 12.1 Å². The Labute approximate surface area is 178 Å². The third kappa shape index (κ3) is 5.08. The molecule has 4 rings (SSSR count). The number of nitrogens with zero attached hydrogens (tertiary/aromatic N) is 1. The highest BCUT2D eigenvalue weighted by Crippen LogP contribution is 2.24. The average molecular weight is 416 g/mol. The summed E-state index contributed by atoms with van der Waals surface area (Å²) in [5.41, 5.74) is 4.07. The van der Waals surface area contributed by atoms with Crippen molar-refractivity contribution in [1.82, 2.24) is 10.3 Å². The van der Waals surface area contributed by atoms with Gasteiger partial charge < -0.3 is 19.6 Å². The minimum absolute atomic E-state index is 0.149. The van der Waals surface area contributed by atoms with Gasteiger partial charge in [0.2, 0.25) is 5.89 Å². The molecule has 0 aliphatic heterocycles. The van der Waals surface area contributed by atoms with Gasteiger partial charge in [-0.15, -0.1) is 0 Å². The van der Waals surface area contributed by atoms with Gasteiger partial charge in [-0.05, 0) is 28.8 Å². The van der Waals surface area contributed by atoms with E-state index in [0.717, 1.165) is 16.7 Å². The Morgan fingerprint density at radius 3 is 2.39 bits per heavy atom. The molecule has 1 amide bonds. The average Bonchev–Trinajstić information content (AvgIpc) is 3.21. The van der Waals surface area contributed by atoms with Crippen LogP contribution in [-0.4, -0.2) is 28.2 Å². The van der Waals surface area contributed by atoms with Crippen LogP contribution in [0.15, 0.2) is 83.3 Å². The van der Waals surface area contributed by atoms with Crippen LogP contribution in [-0.2, 0) is 22.6 Å². The van der Waals surface area contributed by atoms with Crippen molar-refractivity contribution in [1.29, 1.82) is 0 Å². The third-order valence-corrected chi connectivity index (χ3v) is 4.74. The Morgan fingerprint density at radius 1 is 0.968 bits per heavy atom. The number of nitrogens with one attached hydrogen (secondary N) is 1. The number of rotatable bonds is 7. The van der Waals surface area contributed by atoms with E-state index in [9.17, 15) is 14.7 Å². The van der Waals surface area contributed by atoms with Crippen molar-refractivity contribution >= 4 is 23.2 Å². The number of hydrogen-bond acceptors (Lipinski definition) is 5. The van der Waals surface area contributed by atoms with Gasteiger partial charge in [-0.2, -0.15) is 0 Å². The number of aromatic nitrogens is 1. The highest BCUT2D eigenvalue weighted by atomic mass is 16.6. The van der Waals surface area contributed by atoms with Crippen LogP contribution < -0.4 is 5.32 Å². The van der Waals surface area contributed by atoms with Crippen molar-refractivity contribution in [3.8, 4) is 11.1 Å². The maximum atomic E-state index is 12.1. The lowest BCUT2D eigenvalue weighted by atomic mass is 10.1. The van der Waals surface area contributed by atoms with Gasteiger partial charge in [0.15, 0.2) is 12.2 Å². The zero-order chi connectivity index (χ0) is 21.6. The number of benzene rings is 3. The molecule has 1 heterocycles. The summed E-state index contributed by atoms with van der Waals surface area (Å²) in [5, 5.41) is 11.8. The summed E-state index contributed by atoms with van der Waals surface area (Å²) in [6.07, 6.45) is -0.702. The molecule has 0 saturated heterocycles. The Kier molecular flexibility index (Phi) is 5.93. The number of carboxylic acids is 1. The molecule has 7 nitrogen and oxygen atoms in total. The lowest BCUT2D eigenvalue weighted by Crippen LogP contribution is -2.42. The van der Waals surface area contributed by atoms with Gasteiger partial charge in [0.1, 0.15) is 11.6 Å². The molecule has 2 N–H and O–H groups in total.